The maximum absolute atomic E-state index is 6.63. The maximum Gasteiger partial charge on any atom is 0.159 e. The summed E-state index contributed by atoms with van der Waals surface area (Å²) in [5.41, 5.74) is 9.57. The standard InChI is InChI=1S/C52H33NO/c1-2-11-39-31-41(25-19-34(39)9-1)40-12-7-13-44(32-40)53(49-17-8-16-47-46-15-5-6-18-50(46)54-52(47)49)43-29-27-35(28-30-43)42-26-22-37-21-24-38-23-20-36-10-3-4-14-45(36)51(38)48(37)33-42/h1-33H. The van der Waals surface area contributed by atoms with Crippen LogP contribution in [0.1, 0.15) is 0 Å². The molecule has 11 aromatic rings. The molecule has 0 aliphatic rings. The van der Waals surface area contributed by atoms with Crippen molar-refractivity contribution in [1.82, 2.24) is 0 Å². The van der Waals surface area contributed by atoms with E-state index in [0.29, 0.717) is 0 Å². The Bertz CT molecular complexity index is 3220. The molecule has 0 bridgehead atoms. The molecule has 0 aliphatic heterocycles. The van der Waals surface area contributed by atoms with Crippen molar-refractivity contribution in [2.24, 2.45) is 0 Å². The number of anilines is 3. The SMILES string of the molecule is c1cc(-c2ccc3ccccc3c2)cc(N(c2ccc(-c3ccc4ccc5ccc6ccccc6c5c4c3)cc2)c2cccc3c2oc2ccccc23)c1. The summed E-state index contributed by atoms with van der Waals surface area (Å²) in [6.45, 7) is 0. The first kappa shape index (κ1) is 30.5. The molecule has 0 amide bonds. The minimum Gasteiger partial charge on any atom is -0.454 e. The van der Waals surface area contributed by atoms with Crippen LogP contribution in [-0.2, 0) is 0 Å². The van der Waals surface area contributed by atoms with Gasteiger partial charge in [0, 0.05) is 22.1 Å². The monoisotopic (exact) mass is 687 g/mol. The van der Waals surface area contributed by atoms with E-state index in [1.807, 2.05) is 12.1 Å². The predicted molar refractivity (Wildman–Crippen MR) is 229 cm³/mol. The Kier molecular flexibility index (Phi) is 6.90. The number of hydrogen-bond donors (Lipinski definition) is 0. The second-order valence-corrected chi connectivity index (χ2v) is 14.1. The zero-order valence-corrected chi connectivity index (χ0v) is 29.4. The van der Waals surface area contributed by atoms with Crippen molar-refractivity contribution in [1.29, 1.82) is 0 Å². The van der Waals surface area contributed by atoms with Gasteiger partial charge in [0.05, 0.1) is 5.69 Å². The van der Waals surface area contributed by atoms with Crippen LogP contribution in [-0.4, -0.2) is 0 Å². The van der Waals surface area contributed by atoms with Crippen LogP contribution in [0.5, 0.6) is 0 Å². The summed E-state index contributed by atoms with van der Waals surface area (Å²) in [6, 6.07) is 72.3. The Morgan fingerprint density at radius 2 is 0.907 bits per heavy atom. The van der Waals surface area contributed by atoms with Crippen molar-refractivity contribution in [3.63, 3.8) is 0 Å². The minimum absolute atomic E-state index is 0.868. The van der Waals surface area contributed by atoms with Crippen molar-refractivity contribution < 1.29 is 4.42 Å². The van der Waals surface area contributed by atoms with Crippen molar-refractivity contribution in [2.75, 3.05) is 4.90 Å². The molecule has 0 saturated heterocycles. The molecule has 0 fully saturated rings. The van der Waals surface area contributed by atoms with E-state index < -0.39 is 0 Å². The van der Waals surface area contributed by atoms with Crippen LogP contribution in [0, 0.1) is 0 Å². The summed E-state index contributed by atoms with van der Waals surface area (Å²) in [5, 5.41) is 12.3. The van der Waals surface area contributed by atoms with E-state index >= 15 is 0 Å². The van der Waals surface area contributed by atoms with Crippen molar-refractivity contribution in [3.05, 3.63) is 200 Å². The number of para-hydroxylation sites is 2. The van der Waals surface area contributed by atoms with Gasteiger partial charge in [0.2, 0.25) is 0 Å². The summed E-state index contributed by atoms with van der Waals surface area (Å²) in [5.74, 6) is 0. The van der Waals surface area contributed by atoms with Gasteiger partial charge in [-0.05, 0) is 114 Å². The zero-order valence-electron chi connectivity index (χ0n) is 29.4. The zero-order chi connectivity index (χ0) is 35.6. The Hall–Kier alpha value is -7.16. The number of furan rings is 1. The number of benzene rings is 10. The Balaban J connectivity index is 1.06. The lowest BCUT2D eigenvalue weighted by Crippen LogP contribution is -2.10. The molecule has 0 atom stereocenters. The third-order valence-corrected chi connectivity index (χ3v) is 11.0. The van der Waals surface area contributed by atoms with E-state index in [4.69, 9.17) is 4.42 Å². The van der Waals surface area contributed by atoms with E-state index in [0.717, 1.165) is 44.6 Å². The molecule has 11 rings (SSSR count). The molecule has 0 saturated carbocycles. The Morgan fingerprint density at radius 3 is 1.76 bits per heavy atom. The molecule has 1 aromatic heterocycles. The first-order valence-corrected chi connectivity index (χ1v) is 18.5. The quantitative estimate of drug-likeness (QED) is 0.168. The average molecular weight is 688 g/mol. The average Bonchev–Trinajstić information content (AvgIpc) is 3.63. The van der Waals surface area contributed by atoms with Gasteiger partial charge in [-0.3, -0.25) is 0 Å². The molecule has 0 N–H and O–H groups in total. The van der Waals surface area contributed by atoms with Gasteiger partial charge < -0.3 is 9.32 Å². The van der Waals surface area contributed by atoms with Crippen LogP contribution in [0.15, 0.2) is 205 Å². The summed E-state index contributed by atoms with van der Waals surface area (Å²) in [4.78, 5) is 2.33. The highest BCUT2D eigenvalue weighted by molar-refractivity contribution is 6.20. The van der Waals surface area contributed by atoms with Crippen molar-refractivity contribution >= 4 is 82.1 Å². The van der Waals surface area contributed by atoms with E-state index in [-0.39, 0.29) is 0 Å². The predicted octanol–water partition coefficient (Wildman–Crippen LogP) is 15.0. The number of fused-ring (bicyclic) bond motifs is 9. The van der Waals surface area contributed by atoms with Crippen molar-refractivity contribution in [2.45, 2.75) is 0 Å². The molecule has 2 nitrogen and oxygen atoms in total. The smallest absolute Gasteiger partial charge is 0.159 e. The second kappa shape index (κ2) is 12.2. The number of hydrogen-bond acceptors (Lipinski definition) is 2. The summed E-state index contributed by atoms with van der Waals surface area (Å²) >= 11 is 0. The molecule has 252 valence electrons. The Morgan fingerprint density at radius 1 is 0.315 bits per heavy atom. The molecule has 0 unspecified atom stereocenters. The van der Waals surface area contributed by atoms with Crippen LogP contribution in [0.4, 0.5) is 17.1 Å². The van der Waals surface area contributed by atoms with Gasteiger partial charge in [0.1, 0.15) is 5.58 Å². The fourth-order valence-electron chi connectivity index (χ4n) is 8.34. The highest BCUT2D eigenvalue weighted by Crippen LogP contribution is 2.44. The third kappa shape index (κ3) is 4.96. The lowest BCUT2D eigenvalue weighted by molar-refractivity contribution is 0.669. The fraction of sp³-hybridized carbons (Fsp3) is 0. The van der Waals surface area contributed by atoms with Gasteiger partial charge in [-0.1, -0.05) is 152 Å². The topological polar surface area (TPSA) is 16.4 Å². The molecule has 2 heteroatoms. The normalized spacial score (nSPS) is 11.7. The van der Waals surface area contributed by atoms with Gasteiger partial charge in [0.25, 0.3) is 0 Å². The number of nitrogens with zero attached hydrogens (tertiary/aromatic N) is 1. The molecular weight excluding hydrogens is 655 g/mol. The molecule has 10 aromatic carbocycles. The van der Waals surface area contributed by atoms with Gasteiger partial charge in [-0.15, -0.1) is 0 Å². The molecule has 0 radical (unpaired) electrons. The van der Waals surface area contributed by atoms with Crippen LogP contribution in [0.25, 0.3) is 87.3 Å². The summed E-state index contributed by atoms with van der Waals surface area (Å²) in [7, 11) is 0. The molecule has 0 spiro atoms. The first-order valence-electron chi connectivity index (χ1n) is 18.5. The second-order valence-electron chi connectivity index (χ2n) is 14.1. The highest BCUT2D eigenvalue weighted by Gasteiger charge is 2.20. The third-order valence-electron chi connectivity index (χ3n) is 11.0. The summed E-state index contributed by atoms with van der Waals surface area (Å²) < 4.78 is 6.63. The van der Waals surface area contributed by atoms with Crippen LogP contribution in [0.3, 0.4) is 0 Å². The number of rotatable bonds is 5. The molecule has 1 heterocycles. The lowest BCUT2D eigenvalue weighted by atomic mass is 9.94. The largest absolute Gasteiger partial charge is 0.454 e. The van der Waals surface area contributed by atoms with Crippen molar-refractivity contribution in [3.8, 4) is 22.3 Å². The van der Waals surface area contributed by atoms with Gasteiger partial charge >= 0.3 is 0 Å². The Labute approximate surface area is 312 Å². The van der Waals surface area contributed by atoms with Gasteiger partial charge in [-0.25, -0.2) is 0 Å². The highest BCUT2D eigenvalue weighted by atomic mass is 16.3. The van der Waals surface area contributed by atoms with Crippen LogP contribution >= 0.6 is 0 Å². The molecule has 54 heavy (non-hydrogen) atoms. The van der Waals surface area contributed by atoms with Gasteiger partial charge in [0.15, 0.2) is 5.58 Å². The van der Waals surface area contributed by atoms with Crippen LogP contribution in [0.2, 0.25) is 0 Å². The maximum atomic E-state index is 6.63. The molecular formula is C52H33NO. The fourth-order valence-corrected chi connectivity index (χ4v) is 8.34. The molecule has 0 aliphatic carbocycles. The van der Waals surface area contributed by atoms with E-state index in [1.165, 1.54) is 59.8 Å². The lowest BCUT2D eigenvalue weighted by Gasteiger charge is -2.26. The van der Waals surface area contributed by atoms with E-state index in [9.17, 15) is 0 Å². The van der Waals surface area contributed by atoms with E-state index in [1.54, 1.807) is 0 Å². The van der Waals surface area contributed by atoms with E-state index in [2.05, 4.69) is 193 Å². The summed E-state index contributed by atoms with van der Waals surface area (Å²) in [6.07, 6.45) is 0. The minimum atomic E-state index is 0.868. The van der Waals surface area contributed by atoms with Gasteiger partial charge in [-0.2, -0.15) is 0 Å². The van der Waals surface area contributed by atoms with Crippen LogP contribution < -0.4 is 4.90 Å². The first-order chi connectivity index (χ1) is 26.7.